The van der Waals surface area contributed by atoms with E-state index in [2.05, 4.69) is 31.3 Å². The Hall–Kier alpha value is -2.83. The predicted octanol–water partition coefficient (Wildman–Crippen LogP) is 5.72. The van der Waals surface area contributed by atoms with Crippen molar-refractivity contribution in [1.29, 1.82) is 0 Å². The van der Waals surface area contributed by atoms with Crippen molar-refractivity contribution in [3.63, 3.8) is 0 Å². The molecule has 34 heavy (non-hydrogen) atoms. The Balaban J connectivity index is 1.83. The molecule has 3 aromatic carbocycles. The zero-order valence-corrected chi connectivity index (χ0v) is 21.5. The molecule has 0 saturated carbocycles. The number of nitrogens with zero attached hydrogens (tertiary/aromatic N) is 1. The molecule has 0 heterocycles. The van der Waals surface area contributed by atoms with E-state index in [1.54, 1.807) is 43.3 Å². The van der Waals surface area contributed by atoms with Crippen molar-refractivity contribution in [2.75, 3.05) is 10.8 Å². The molecule has 0 saturated heterocycles. The summed E-state index contributed by atoms with van der Waals surface area (Å²) in [5, 5.41) is 3.49. The number of nitrogens with one attached hydrogen (secondary N) is 1. The minimum absolute atomic E-state index is 0.121. The van der Waals surface area contributed by atoms with Gasteiger partial charge in [-0.1, -0.05) is 74.0 Å². The molecular formula is C27H31ClN2O3S. The second-order valence-corrected chi connectivity index (χ2v) is 11.5. The van der Waals surface area contributed by atoms with Crippen molar-refractivity contribution in [2.45, 2.75) is 50.5 Å². The lowest BCUT2D eigenvalue weighted by atomic mass is 9.79. The van der Waals surface area contributed by atoms with Crippen molar-refractivity contribution >= 4 is 33.2 Å². The lowest BCUT2D eigenvalue weighted by Crippen LogP contribution is -2.45. The monoisotopic (exact) mass is 498 g/mol. The normalized spacial score (nSPS) is 12.7. The Morgan fingerprint density at radius 3 is 2.18 bits per heavy atom. The lowest BCUT2D eigenvalue weighted by molar-refractivity contribution is -0.120. The fourth-order valence-corrected chi connectivity index (χ4v) is 5.93. The van der Waals surface area contributed by atoms with E-state index in [0.29, 0.717) is 22.7 Å². The number of rotatable bonds is 9. The van der Waals surface area contributed by atoms with Gasteiger partial charge in [-0.25, -0.2) is 8.42 Å². The molecule has 0 bridgehead atoms. The molecule has 0 aliphatic heterocycles. The molecule has 3 aromatic rings. The van der Waals surface area contributed by atoms with Crippen LogP contribution in [0.25, 0.3) is 0 Å². The maximum absolute atomic E-state index is 13.5. The van der Waals surface area contributed by atoms with E-state index in [1.165, 1.54) is 17.7 Å². The summed E-state index contributed by atoms with van der Waals surface area (Å²) in [6, 6.07) is 23.0. The number of hydrogen-bond donors (Lipinski definition) is 1. The van der Waals surface area contributed by atoms with Crippen molar-refractivity contribution in [3.05, 3.63) is 95.0 Å². The van der Waals surface area contributed by atoms with Gasteiger partial charge in [0.1, 0.15) is 6.54 Å². The number of anilines is 1. The molecule has 0 aliphatic carbocycles. The first-order chi connectivity index (χ1) is 16.0. The van der Waals surface area contributed by atoms with Crippen molar-refractivity contribution < 1.29 is 13.2 Å². The van der Waals surface area contributed by atoms with Gasteiger partial charge in [-0.05, 0) is 67.1 Å². The Kier molecular flexibility index (Phi) is 8.05. The van der Waals surface area contributed by atoms with Crippen LogP contribution in [0.2, 0.25) is 5.02 Å². The van der Waals surface area contributed by atoms with Gasteiger partial charge in [0.2, 0.25) is 5.91 Å². The van der Waals surface area contributed by atoms with Gasteiger partial charge in [-0.15, -0.1) is 0 Å². The summed E-state index contributed by atoms with van der Waals surface area (Å²) >= 11 is 6.09. The summed E-state index contributed by atoms with van der Waals surface area (Å²) < 4.78 is 28.2. The van der Waals surface area contributed by atoms with E-state index in [9.17, 15) is 13.2 Å². The number of amides is 1. The summed E-state index contributed by atoms with van der Waals surface area (Å²) in [5.41, 5.74) is 2.11. The number of carbonyl (C=O) groups excluding carboxylic acids is 1. The van der Waals surface area contributed by atoms with Crippen LogP contribution in [0.1, 0.15) is 38.3 Å². The highest BCUT2D eigenvalue weighted by atomic mass is 35.5. The van der Waals surface area contributed by atoms with Gasteiger partial charge in [0.05, 0.1) is 10.6 Å². The number of carbonyl (C=O) groups is 1. The van der Waals surface area contributed by atoms with E-state index in [0.717, 1.165) is 4.31 Å². The number of hydrogen-bond acceptors (Lipinski definition) is 3. The SMILES string of the molecule is Cc1cc(Cl)ccc1N(CC(=O)NC(C)CC(C)(C)c1ccccc1)S(=O)(=O)c1ccccc1. The topological polar surface area (TPSA) is 66.5 Å². The molecule has 1 atom stereocenters. The van der Waals surface area contributed by atoms with Crippen LogP contribution in [-0.4, -0.2) is 26.9 Å². The van der Waals surface area contributed by atoms with Gasteiger partial charge in [-0.2, -0.15) is 0 Å². The van der Waals surface area contributed by atoms with Gasteiger partial charge in [0.15, 0.2) is 0 Å². The highest BCUT2D eigenvalue weighted by molar-refractivity contribution is 7.92. The van der Waals surface area contributed by atoms with Crippen LogP contribution in [0.5, 0.6) is 0 Å². The van der Waals surface area contributed by atoms with Crippen LogP contribution in [0.3, 0.4) is 0 Å². The third-order valence-electron chi connectivity index (χ3n) is 5.83. The molecule has 3 rings (SSSR count). The molecule has 0 aromatic heterocycles. The summed E-state index contributed by atoms with van der Waals surface area (Å²) in [7, 11) is -3.97. The van der Waals surface area contributed by atoms with E-state index in [4.69, 9.17) is 11.6 Å². The summed E-state index contributed by atoms with van der Waals surface area (Å²) in [6.45, 7) is 7.64. The zero-order chi connectivity index (χ0) is 24.9. The van der Waals surface area contributed by atoms with Crippen LogP contribution in [-0.2, 0) is 20.2 Å². The summed E-state index contributed by atoms with van der Waals surface area (Å²) in [6.07, 6.45) is 0.703. The molecule has 180 valence electrons. The van der Waals surface area contributed by atoms with Crippen molar-refractivity contribution in [2.24, 2.45) is 0 Å². The molecular weight excluding hydrogens is 468 g/mol. The molecule has 5 nitrogen and oxygen atoms in total. The maximum Gasteiger partial charge on any atom is 0.264 e. The summed E-state index contributed by atoms with van der Waals surface area (Å²) in [4.78, 5) is 13.2. The van der Waals surface area contributed by atoms with Crippen LogP contribution >= 0.6 is 11.6 Å². The lowest BCUT2D eigenvalue weighted by Gasteiger charge is -2.30. The molecule has 7 heteroatoms. The minimum Gasteiger partial charge on any atom is -0.352 e. The van der Waals surface area contributed by atoms with E-state index in [1.807, 2.05) is 25.1 Å². The first-order valence-corrected chi connectivity index (χ1v) is 13.0. The highest BCUT2D eigenvalue weighted by Gasteiger charge is 2.29. The van der Waals surface area contributed by atoms with Gasteiger partial charge < -0.3 is 5.32 Å². The molecule has 0 aliphatic rings. The van der Waals surface area contributed by atoms with Crippen LogP contribution in [0, 0.1) is 6.92 Å². The maximum atomic E-state index is 13.5. The quantitative estimate of drug-likeness (QED) is 0.410. The highest BCUT2D eigenvalue weighted by Crippen LogP contribution is 2.30. The summed E-state index contributed by atoms with van der Waals surface area (Å²) in [5.74, 6) is -0.370. The fraction of sp³-hybridized carbons (Fsp3) is 0.296. The Bertz CT molecular complexity index is 1230. The van der Waals surface area contributed by atoms with Crippen LogP contribution in [0.4, 0.5) is 5.69 Å². The second-order valence-electron chi connectivity index (χ2n) is 9.18. The van der Waals surface area contributed by atoms with Crippen molar-refractivity contribution in [1.82, 2.24) is 5.32 Å². The van der Waals surface area contributed by atoms with E-state index in [-0.39, 0.29) is 28.8 Å². The van der Waals surface area contributed by atoms with Crippen molar-refractivity contribution in [3.8, 4) is 0 Å². The minimum atomic E-state index is -3.97. The average molecular weight is 499 g/mol. The fourth-order valence-electron chi connectivity index (χ4n) is 4.19. The molecule has 0 fully saturated rings. The molecule has 0 radical (unpaired) electrons. The third-order valence-corrected chi connectivity index (χ3v) is 7.83. The number of halogens is 1. The van der Waals surface area contributed by atoms with E-state index < -0.39 is 10.0 Å². The van der Waals surface area contributed by atoms with Gasteiger partial charge in [-0.3, -0.25) is 9.10 Å². The first-order valence-electron chi connectivity index (χ1n) is 11.2. The van der Waals surface area contributed by atoms with E-state index >= 15 is 0 Å². The Morgan fingerprint density at radius 2 is 1.59 bits per heavy atom. The smallest absolute Gasteiger partial charge is 0.264 e. The first kappa shape index (κ1) is 25.8. The largest absolute Gasteiger partial charge is 0.352 e. The average Bonchev–Trinajstić information content (AvgIpc) is 2.78. The predicted molar refractivity (Wildman–Crippen MR) is 139 cm³/mol. The van der Waals surface area contributed by atoms with Gasteiger partial charge >= 0.3 is 0 Å². The molecule has 0 spiro atoms. The molecule has 1 unspecified atom stereocenters. The van der Waals surface area contributed by atoms with Crippen LogP contribution in [0.15, 0.2) is 83.8 Å². The van der Waals surface area contributed by atoms with Gasteiger partial charge in [0, 0.05) is 11.1 Å². The number of aryl methyl sites for hydroxylation is 1. The zero-order valence-electron chi connectivity index (χ0n) is 20.0. The number of benzene rings is 3. The van der Waals surface area contributed by atoms with Gasteiger partial charge in [0.25, 0.3) is 10.0 Å². The molecule has 1 amide bonds. The Morgan fingerprint density at radius 1 is 1.00 bits per heavy atom. The number of sulfonamides is 1. The standard InChI is InChI=1S/C27H31ClN2O3S/c1-20-17-23(28)15-16-25(20)30(34(32,33)24-13-9-6-10-14-24)19-26(31)29-21(2)18-27(3,4)22-11-7-5-8-12-22/h5-17,21H,18-19H2,1-4H3,(H,29,31). The third kappa shape index (κ3) is 6.19. The Labute approximate surface area is 207 Å². The van der Waals surface area contributed by atoms with Crippen LogP contribution < -0.4 is 9.62 Å². The molecule has 1 N–H and O–H groups in total. The second kappa shape index (κ2) is 10.6.